The zero-order valence-electron chi connectivity index (χ0n) is 23.7. The Hall–Kier alpha value is -3.10. The average molecular weight is 553 g/mol. The SMILES string of the molecule is C/C=C\C1=C(C)N(c2ccnc(NC)c2)C(COC)N1C[C@@H]1CCC[C@@H](NC(=O)c2cc(Cl)cnc2C)CC1. The summed E-state index contributed by atoms with van der Waals surface area (Å²) in [5.41, 5.74) is 4.76. The molecular formula is C30H41ClN6O2. The van der Waals surface area contributed by atoms with Crippen LogP contribution in [0.1, 0.15) is 62.0 Å². The van der Waals surface area contributed by atoms with Gasteiger partial charge in [0.1, 0.15) is 12.0 Å². The number of pyridine rings is 2. The zero-order chi connectivity index (χ0) is 27.9. The van der Waals surface area contributed by atoms with E-state index in [2.05, 4.69) is 68.5 Å². The van der Waals surface area contributed by atoms with Crippen molar-refractivity contribution in [3.63, 3.8) is 0 Å². The number of nitrogens with one attached hydrogen (secondary N) is 2. The quantitative estimate of drug-likeness (QED) is 0.383. The van der Waals surface area contributed by atoms with Gasteiger partial charge in [0.25, 0.3) is 5.91 Å². The monoisotopic (exact) mass is 552 g/mol. The first-order chi connectivity index (χ1) is 18.9. The third kappa shape index (κ3) is 6.73. The molecule has 0 bridgehead atoms. The molecule has 2 N–H and O–H groups in total. The van der Waals surface area contributed by atoms with E-state index in [0.717, 1.165) is 50.2 Å². The fraction of sp³-hybridized carbons (Fsp3) is 0.500. The Labute approximate surface area is 237 Å². The Balaban J connectivity index is 1.48. The minimum Gasteiger partial charge on any atom is -0.381 e. The molecule has 1 fully saturated rings. The molecule has 1 aliphatic heterocycles. The van der Waals surface area contributed by atoms with Gasteiger partial charge in [0.15, 0.2) is 0 Å². The fourth-order valence-corrected chi connectivity index (χ4v) is 5.98. The summed E-state index contributed by atoms with van der Waals surface area (Å²) >= 11 is 6.10. The first-order valence-corrected chi connectivity index (χ1v) is 14.2. The van der Waals surface area contributed by atoms with Crippen molar-refractivity contribution in [2.75, 3.05) is 37.5 Å². The highest BCUT2D eigenvalue weighted by atomic mass is 35.5. The van der Waals surface area contributed by atoms with Crippen molar-refractivity contribution in [2.45, 2.75) is 65.1 Å². The lowest BCUT2D eigenvalue weighted by molar-refractivity contribution is 0.0931. The highest BCUT2D eigenvalue weighted by molar-refractivity contribution is 6.30. The Morgan fingerprint density at radius 2 is 2.03 bits per heavy atom. The van der Waals surface area contributed by atoms with E-state index in [9.17, 15) is 4.79 Å². The van der Waals surface area contributed by atoms with Crippen molar-refractivity contribution in [3.05, 3.63) is 70.4 Å². The van der Waals surface area contributed by atoms with Crippen molar-refractivity contribution in [2.24, 2.45) is 5.92 Å². The van der Waals surface area contributed by atoms with E-state index in [4.69, 9.17) is 16.3 Å². The highest BCUT2D eigenvalue weighted by Crippen LogP contribution is 2.37. The predicted octanol–water partition coefficient (Wildman–Crippen LogP) is 5.76. The van der Waals surface area contributed by atoms with E-state index >= 15 is 0 Å². The molecule has 3 heterocycles. The van der Waals surface area contributed by atoms with Crippen LogP contribution in [-0.2, 0) is 4.74 Å². The molecule has 1 amide bonds. The Morgan fingerprint density at radius 3 is 2.77 bits per heavy atom. The summed E-state index contributed by atoms with van der Waals surface area (Å²) < 4.78 is 5.75. The molecule has 1 unspecified atom stereocenters. The first kappa shape index (κ1) is 28.9. The number of halogens is 1. The number of aromatic nitrogens is 2. The lowest BCUT2D eigenvalue weighted by Crippen LogP contribution is -2.45. The van der Waals surface area contributed by atoms with Crippen molar-refractivity contribution in [1.29, 1.82) is 0 Å². The Morgan fingerprint density at radius 1 is 1.21 bits per heavy atom. The second kappa shape index (κ2) is 13.3. The number of methoxy groups -OCH3 is 1. The molecule has 3 atom stereocenters. The van der Waals surface area contributed by atoms with E-state index in [-0.39, 0.29) is 18.1 Å². The van der Waals surface area contributed by atoms with Crippen LogP contribution in [0.4, 0.5) is 11.5 Å². The minimum atomic E-state index is -0.0893. The van der Waals surface area contributed by atoms with Crippen LogP contribution in [-0.4, -0.2) is 60.3 Å². The maximum absolute atomic E-state index is 13.0. The molecule has 0 aromatic carbocycles. The minimum absolute atomic E-state index is 0.0466. The molecule has 210 valence electrons. The standard InChI is InChI=1S/C30H41ClN6O2/c1-6-8-27-21(3)37(25-13-14-33-28(16-25)32-4)29(19-39-5)36(27)18-22-9-7-10-24(12-11-22)35-30(38)26-15-23(31)17-34-20(26)2/h6,8,13-17,22,24,29H,7,9-12,18-19H2,1-5H3,(H,32,33)(H,35,38)/b8-6-/t22-,24-,29?/m1/s1. The van der Waals surface area contributed by atoms with E-state index < -0.39 is 0 Å². The summed E-state index contributed by atoms with van der Waals surface area (Å²) in [6.07, 6.45) is 13.0. The third-order valence-electron chi connectivity index (χ3n) is 7.79. The molecule has 1 aliphatic carbocycles. The summed E-state index contributed by atoms with van der Waals surface area (Å²) in [6, 6.07) is 5.99. The predicted molar refractivity (Wildman–Crippen MR) is 158 cm³/mol. The van der Waals surface area contributed by atoms with Gasteiger partial charge < -0.3 is 25.2 Å². The lowest BCUT2D eigenvalue weighted by Gasteiger charge is -2.36. The third-order valence-corrected chi connectivity index (χ3v) is 8.00. The van der Waals surface area contributed by atoms with Gasteiger partial charge in [-0.2, -0.15) is 0 Å². The molecule has 39 heavy (non-hydrogen) atoms. The van der Waals surface area contributed by atoms with E-state index in [0.29, 0.717) is 28.8 Å². The molecule has 0 spiro atoms. The van der Waals surface area contributed by atoms with Crippen LogP contribution >= 0.6 is 11.6 Å². The number of anilines is 2. The molecule has 0 radical (unpaired) electrons. The average Bonchev–Trinajstić information content (AvgIpc) is 3.05. The van der Waals surface area contributed by atoms with Gasteiger partial charge in [0.05, 0.1) is 28.6 Å². The number of hydrogen-bond acceptors (Lipinski definition) is 7. The van der Waals surface area contributed by atoms with Crippen LogP contribution in [0, 0.1) is 12.8 Å². The summed E-state index contributed by atoms with van der Waals surface area (Å²) in [4.78, 5) is 26.5. The normalized spacial score (nSPS) is 21.9. The van der Waals surface area contributed by atoms with E-state index in [1.807, 2.05) is 20.2 Å². The number of ether oxygens (including phenoxy) is 1. The molecule has 2 aromatic rings. The second-order valence-electron chi connectivity index (χ2n) is 10.4. The Kier molecular flexibility index (Phi) is 9.86. The fourth-order valence-electron chi connectivity index (χ4n) is 5.82. The largest absolute Gasteiger partial charge is 0.381 e. The van der Waals surface area contributed by atoms with Crippen LogP contribution in [0.2, 0.25) is 5.02 Å². The maximum Gasteiger partial charge on any atom is 0.253 e. The van der Waals surface area contributed by atoms with Crippen LogP contribution in [0.25, 0.3) is 0 Å². The van der Waals surface area contributed by atoms with Gasteiger partial charge in [-0.1, -0.05) is 24.1 Å². The van der Waals surface area contributed by atoms with Gasteiger partial charge in [-0.25, -0.2) is 4.98 Å². The van der Waals surface area contributed by atoms with Crippen molar-refractivity contribution >= 4 is 29.0 Å². The van der Waals surface area contributed by atoms with Gasteiger partial charge in [-0.05, 0) is 70.6 Å². The van der Waals surface area contributed by atoms with E-state index in [1.54, 1.807) is 19.4 Å². The van der Waals surface area contributed by atoms with Gasteiger partial charge in [0.2, 0.25) is 0 Å². The Bertz CT molecular complexity index is 1220. The van der Waals surface area contributed by atoms with Gasteiger partial charge in [-0.3, -0.25) is 9.78 Å². The zero-order valence-corrected chi connectivity index (χ0v) is 24.5. The lowest BCUT2D eigenvalue weighted by atomic mass is 9.99. The number of carbonyl (C=O) groups is 1. The summed E-state index contributed by atoms with van der Waals surface area (Å²) in [6.45, 7) is 7.60. The molecule has 1 saturated carbocycles. The summed E-state index contributed by atoms with van der Waals surface area (Å²) in [7, 11) is 3.65. The van der Waals surface area contributed by atoms with Crippen LogP contribution < -0.4 is 15.5 Å². The number of hydrogen-bond donors (Lipinski definition) is 2. The molecule has 8 nitrogen and oxygen atoms in total. The van der Waals surface area contributed by atoms with E-state index in [1.165, 1.54) is 11.4 Å². The van der Waals surface area contributed by atoms with Gasteiger partial charge >= 0.3 is 0 Å². The van der Waals surface area contributed by atoms with Crippen LogP contribution in [0.15, 0.2) is 54.1 Å². The second-order valence-corrected chi connectivity index (χ2v) is 10.8. The number of nitrogens with zero attached hydrogens (tertiary/aromatic N) is 4. The van der Waals surface area contributed by atoms with Crippen molar-refractivity contribution < 1.29 is 9.53 Å². The number of allylic oxidation sites excluding steroid dienone is 3. The molecular weight excluding hydrogens is 512 g/mol. The number of rotatable bonds is 9. The van der Waals surface area contributed by atoms with Crippen molar-refractivity contribution in [3.8, 4) is 0 Å². The van der Waals surface area contributed by atoms with Crippen molar-refractivity contribution in [1.82, 2.24) is 20.2 Å². The molecule has 9 heteroatoms. The first-order valence-electron chi connectivity index (χ1n) is 13.8. The van der Waals surface area contributed by atoms with Crippen LogP contribution in [0.5, 0.6) is 0 Å². The number of carbonyl (C=O) groups excluding carboxylic acids is 1. The molecule has 4 rings (SSSR count). The molecule has 2 aliphatic rings. The van der Waals surface area contributed by atoms with Gasteiger partial charge in [0, 0.05) is 56.6 Å². The van der Waals surface area contributed by atoms with Gasteiger partial charge in [-0.15, -0.1) is 0 Å². The molecule has 2 aromatic heterocycles. The topological polar surface area (TPSA) is 82.6 Å². The highest BCUT2D eigenvalue weighted by Gasteiger charge is 2.37. The summed E-state index contributed by atoms with van der Waals surface area (Å²) in [5, 5.41) is 6.88. The number of amides is 1. The smallest absolute Gasteiger partial charge is 0.253 e. The molecule has 0 saturated heterocycles. The maximum atomic E-state index is 13.0. The summed E-state index contributed by atoms with van der Waals surface area (Å²) in [5.74, 6) is 1.26. The number of aryl methyl sites for hydroxylation is 1. The van der Waals surface area contributed by atoms with Crippen LogP contribution in [0.3, 0.4) is 0 Å².